The number of ether oxygens (including phenoxy) is 4. The fraction of sp³-hybridized carbons (Fsp3) is 0.618. The first-order valence-electron chi connectivity index (χ1n) is 17.6. The number of rotatable bonds is 11. The van der Waals surface area contributed by atoms with Crippen molar-refractivity contribution >= 4 is 38.8 Å². The molecular weight excluding hydrogens is 678 g/mol. The Kier molecular flexibility index (Phi) is 11.6. The standard InChI is InChI=1S/C34H49N9O7S/c1-34(2,3)50-33(44)40-51(45,46)27-19-28-29(35-23-27)20-30(43-14-16-47-17-15-43)39-31(28)49-25-7-5-24(6-8-25)38-32-36-21-26(22-37-32)48-18-13-42-11-9-41(4)10-12-42/h19-25H,5-18H2,1-4H3,(H,40,44)(H,36,37,38)/t24-,25+. The molecule has 6 rings (SSSR count). The third kappa shape index (κ3) is 10.3. The molecule has 2 saturated heterocycles. The number of carbonyl (C=O) groups is 1. The average Bonchev–Trinajstić information content (AvgIpc) is 3.10. The van der Waals surface area contributed by atoms with Crippen LogP contribution in [-0.4, -0.2) is 135 Å². The molecule has 3 fully saturated rings. The maximum absolute atomic E-state index is 13.1. The van der Waals surface area contributed by atoms with Gasteiger partial charge >= 0.3 is 6.09 Å². The molecule has 51 heavy (non-hydrogen) atoms. The summed E-state index contributed by atoms with van der Waals surface area (Å²) in [4.78, 5) is 37.2. The van der Waals surface area contributed by atoms with Crippen LogP contribution >= 0.6 is 0 Å². The zero-order valence-corrected chi connectivity index (χ0v) is 30.7. The molecule has 0 atom stereocenters. The third-order valence-corrected chi connectivity index (χ3v) is 10.3. The van der Waals surface area contributed by atoms with Crippen LogP contribution in [0.3, 0.4) is 0 Å². The number of nitrogens with one attached hydrogen (secondary N) is 2. The van der Waals surface area contributed by atoms with Crippen LogP contribution in [0.2, 0.25) is 0 Å². The predicted molar refractivity (Wildman–Crippen MR) is 191 cm³/mol. The van der Waals surface area contributed by atoms with Crippen LogP contribution < -0.4 is 24.4 Å². The molecule has 3 aliphatic rings. The highest BCUT2D eigenvalue weighted by atomic mass is 32.2. The minimum Gasteiger partial charge on any atom is -0.489 e. The first-order chi connectivity index (χ1) is 24.4. The first kappa shape index (κ1) is 36.7. The predicted octanol–water partition coefficient (Wildman–Crippen LogP) is 2.90. The molecule has 5 heterocycles. The number of piperazine rings is 1. The summed E-state index contributed by atoms with van der Waals surface area (Å²) in [7, 11) is -2.14. The van der Waals surface area contributed by atoms with E-state index in [1.165, 1.54) is 12.3 Å². The van der Waals surface area contributed by atoms with E-state index in [-0.39, 0.29) is 17.0 Å². The number of carbonyl (C=O) groups excluding carboxylic acids is 1. The van der Waals surface area contributed by atoms with Gasteiger partial charge in [0.05, 0.1) is 36.5 Å². The second-order valence-corrected chi connectivity index (χ2v) is 15.9. The monoisotopic (exact) mass is 727 g/mol. The Hall–Kier alpha value is -4.06. The van der Waals surface area contributed by atoms with Gasteiger partial charge in [0.2, 0.25) is 11.8 Å². The normalized spacial score (nSPS) is 20.9. The number of pyridine rings is 2. The summed E-state index contributed by atoms with van der Waals surface area (Å²) in [5, 5.41) is 3.87. The zero-order valence-electron chi connectivity index (χ0n) is 29.8. The number of morpholine rings is 1. The van der Waals surface area contributed by atoms with Crippen molar-refractivity contribution in [2.45, 2.75) is 69.1 Å². The average molecular weight is 728 g/mol. The lowest BCUT2D eigenvalue weighted by molar-refractivity contribution is 0.0570. The molecule has 2 aliphatic heterocycles. The minimum absolute atomic E-state index is 0.157. The van der Waals surface area contributed by atoms with Crippen molar-refractivity contribution in [3.8, 4) is 11.6 Å². The fourth-order valence-corrected chi connectivity index (χ4v) is 7.06. The van der Waals surface area contributed by atoms with Gasteiger partial charge in [-0.15, -0.1) is 0 Å². The lowest BCUT2D eigenvalue weighted by Crippen LogP contribution is -2.45. The minimum atomic E-state index is -4.28. The molecule has 278 valence electrons. The van der Waals surface area contributed by atoms with E-state index in [9.17, 15) is 13.2 Å². The Labute approximate surface area is 299 Å². The lowest BCUT2D eigenvalue weighted by atomic mass is 9.93. The number of likely N-dealkylation sites (N-methyl/N-ethyl adjacent to an activating group) is 1. The molecule has 2 N–H and O–H groups in total. The Morgan fingerprint density at radius 2 is 1.67 bits per heavy atom. The highest BCUT2D eigenvalue weighted by molar-refractivity contribution is 7.90. The van der Waals surface area contributed by atoms with Crippen molar-refractivity contribution in [1.82, 2.24) is 34.5 Å². The number of fused-ring (bicyclic) bond motifs is 1. The van der Waals surface area contributed by atoms with Crippen molar-refractivity contribution in [3.05, 3.63) is 30.7 Å². The van der Waals surface area contributed by atoms with Crippen molar-refractivity contribution in [1.29, 1.82) is 0 Å². The van der Waals surface area contributed by atoms with Crippen molar-refractivity contribution in [2.75, 3.05) is 82.9 Å². The highest BCUT2D eigenvalue weighted by Crippen LogP contribution is 2.33. The molecule has 0 bridgehead atoms. The van der Waals surface area contributed by atoms with Gasteiger partial charge in [-0.05, 0) is 59.6 Å². The summed E-state index contributed by atoms with van der Waals surface area (Å²) in [5.74, 6) is 2.17. The molecule has 1 aliphatic carbocycles. The molecule has 1 saturated carbocycles. The summed E-state index contributed by atoms with van der Waals surface area (Å²) in [6.07, 6.45) is 6.51. The van der Waals surface area contributed by atoms with Gasteiger partial charge in [-0.25, -0.2) is 27.9 Å². The SMILES string of the molecule is CN1CCN(CCOc2cnc(N[C@H]3CC[C@@H](Oc4nc(N5CCOCC5)cc5ncc(S(=O)(=O)NC(=O)OC(C)(C)C)cc45)CC3)nc2)CC1. The molecule has 3 aromatic rings. The Bertz CT molecular complexity index is 1740. The van der Waals surface area contributed by atoms with Gasteiger partial charge in [0.15, 0.2) is 5.75 Å². The topological polar surface area (TPSA) is 173 Å². The zero-order chi connectivity index (χ0) is 36.0. The number of amides is 1. The summed E-state index contributed by atoms with van der Waals surface area (Å²) >= 11 is 0. The van der Waals surface area contributed by atoms with Gasteiger partial charge in [0.25, 0.3) is 10.0 Å². The second kappa shape index (κ2) is 16.1. The molecule has 0 unspecified atom stereocenters. The van der Waals surface area contributed by atoms with E-state index in [1.54, 1.807) is 33.2 Å². The summed E-state index contributed by atoms with van der Waals surface area (Å²) in [5.41, 5.74) is -0.342. The van der Waals surface area contributed by atoms with Crippen molar-refractivity contribution in [3.63, 3.8) is 0 Å². The molecule has 0 aromatic carbocycles. The number of sulfonamides is 1. The molecule has 16 nitrogen and oxygen atoms in total. The smallest absolute Gasteiger partial charge is 0.421 e. The number of anilines is 2. The Balaban J connectivity index is 1.08. The molecule has 0 radical (unpaired) electrons. The Morgan fingerprint density at radius 3 is 2.35 bits per heavy atom. The second-order valence-electron chi connectivity index (χ2n) is 14.2. The van der Waals surface area contributed by atoms with Gasteiger partial charge in [-0.2, -0.15) is 4.98 Å². The van der Waals surface area contributed by atoms with Crippen LogP contribution in [0.25, 0.3) is 10.9 Å². The Morgan fingerprint density at radius 1 is 0.961 bits per heavy atom. The molecule has 1 amide bonds. The van der Waals surface area contributed by atoms with Gasteiger partial charge in [-0.3, -0.25) is 9.88 Å². The van der Waals surface area contributed by atoms with E-state index in [1.807, 2.05) is 10.8 Å². The third-order valence-electron chi connectivity index (χ3n) is 9.05. The van der Waals surface area contributed by atoms with Gasteiger partial charge in [-0.1, -0.05) is 0 Å². The fourth-order valence-electron chi connectivity index (χ4n) is 6.21. The van der Waals surface area contributed by atoms with E-state index in [2.05, 4.69) is 42.0 Å². The maximum atomic E-state index is 13.1. The lowest BCUT2D eigenvalue weighted by Gasteiger charge is -2.32. The molecule has 17 heteroatoms. The van der Waals surface area contributed by atoms with Crippen LogP contribution in [0.1, 0.15) is 46.5 Å². The first-order valence-corrected chi connectivity index (χ1v) is 19.1. The maximum Gasteiger partial charge on any atom is 0.421 e. The number of hydrogen-bond acceptors (Lipinski definition) is 15. The van der Waals surface area contributed by atoms with E-state index >= 15 is 0 Å². The van der Waals surface area contributed by atoms with Crippen molar-refractivity contribution < 1.29 is 32.2 Å². The summed E-state index contributed by atoms with van der Waals surface area (Å²) in [6, 6.07) is 3.41. The van der Waals surface area contributed by atoms with Gasteiger partial charge < -0.3 is 34.1 Å². The number of aromatic nitrogens is 4. The largest absolute Gasteiger partial charge is 0.489 e. The van der Waals surface area contributed by atoms with E-state index in [0.29, 0.717) is 67.2 Å². The van der Waals surface area contributed by atoms with Crippen LogP contribution in [0.4, 0.5) is 16.6 Å². The van der Waals surface area contributed by atoms with E-state index in [4.69, 9.17) is 23.9 Å². The molecule has 3 aromatic heterocycles. The highest BCUT2D eigenvalue weighted by Gasteiger charge is 2.28. The summed E-state index contributed by atoms with van der Waals surface area (Å²) in [6.45, 7) is 13.2. The van der Waals surface area contributed by atoms with Crippen LogP contribution in [0.15, 0.2) is 35.6 Å². The van der Waals surface area contributed by atoms with Crippen LogP contribution in [0, 0.1) is 0 Å². The van der Waals surface area contributed by atoms with Gasteiger partial charge in [0.1, 0.15) is 29.0 Å². The molecular formula is C34H49N9O7S. The summed E-state index contributed by atoms with van der Waals surface area (Å²) < 4.78 is 51.3. The van der Waals surface area contributed by atoms with Gasteiger partial charge in [0, 0.05) is 64.1 Å². The van der Waals surface area contributed by atoms with Crippen LogP contribution in [-0.2, 0) is 19.5 Å². The quantitative estimate of drug-likeness (QED) is 0.295. The van der Waals surface area contributed by atoms with Crippen molar-refractivity contribution in [2.24, 2.45) is 0 Å². The van der Waals surface area contributed by atoms with E-state index in [0.717, 1.165) is 58.4 Å². The number of nitrogens with zero attached hydrogens (tertiary/aromatic N) is 7. The van der Waals surface area contributed by atoms with E-state index < -0.39 is 21.7 Å². The number of hydrogen-bond donors (Lipinski definition) is 2. The van der Waals surface area contributed by atoms with Crippen LogP contribution in [0.5, 0.6) is 11.6 Å². The molecule has 0 spiro atoms.